The molecule has 0 fully saturated rings. The Hall–Kier alpha value is -1.60. The molecule has 0 unspecified atom stereocenters. The largest absolute Gasteiger partial charge is 0.488 e. The van der Waals surface area contributed by atoms with Gasteiger partial charge < -0.3 is 9.84 Å². The molecule has 1 rings (SSSR count). The second-order valence-electron chi connectivity index (χ2n) is 9.12. The summed E-state index contributed by atoms with van der Waals surface area (Å²) in [6.07, 6.45) is 23.2. The number of ether oxygens (including phenoxy) is 1. The molecule has 1 aromatic rings. The minimum Gasteiger partial charge on any atom is -0.488 e. The Morgan fingerprint density at radius 3 is 1.69 bits per heavy atom. The molecule has 0 amide bonds. The predicted molar refractivity (Wildman–Crippen MR) is 131 cm³/mol. The molecule has 4 heteroatoms. The summed E-state index contributed by atoms with van der Waals surface area (Å²) >= 11 is 0. The normalized spacial score (nSPS) is 11.9. The Bertz CT molecular complexity index is 614. The number of unbranched alkanes of at least 4 members (excludes halogenated alkanes) is 16. The van der Waals surface area contributed by atoms with E-state index in [9.17, 15) is 9.50 Å². The van der Waals surface area contributed by atoms with Gasteiger partial charge in [0.2, 0.25) is 0 Å². The topological polar surface area (TPSA) is 53.2 Å². The smallest absolute Gasteiger partial charge is 0.144 e. The Morgan fingerprint density at radius 1 is 0.812 bits per heavy atom. The molecule has 0 spiro atoms. The molecule has 32 heavy (non-hydrogen) atoms. The second-order valence-corrected chi connectivity index (χ2v) is 9.12. The highest BCUT2D eigenvalue weighted by molar-refractivity contribution is 5.36. The van der Waals surface area contributed by atoms with E-state index in [0.717, 1.165) is 19.3 Å². The highest BCUT2D eigenvalue weighted by Crippen LogP contribution is 2.20. The Morgan fingerprint density at radius 2 is 1.28 bits per heavy atom. The van der Waals surface area contributed by atoms with E-state index >= 15 is 0 Å². The van der Waals surface area contributed by atoms with Crippen LogP contribution in [-0.4, -0.2) is 17.8 Å². The fourth-order valence-corrected chi connectivity index (χ4v) is 4.14. The van der Waals surface area contributed by atoms with Gasteiger partial charge in [-0.1, -0.05) is 110 Å². The van der Waals surface area contributed by atoms with Gasteiger partial charge in [-0.25, -0.2) is 4.39 Å². The van der Waals surface area contributed by atoms with Gasteiger partial charge in [-0.2, -0.15) is 5.26 Å². The number of benzene rings is 1. The van der Waals surface area contributed by atoms with Crippen molar-refractivity contribution in [1.29, 1.82) is 5.26 Å². The van der Waals surface area contributed by atoms with Crippen molar-refractivity contribution in [2.75, 3.05) is 6.61 Å². The number of hydrogen-bond acceptors (Lipinski definition) is 3. The maximum absolute atomic E-state index is 13.7. The molecule has 0 radical (unpaired) electrons. The molecule has 1 atom stereocenters. The van der Waals surface area contributed by atoms with Gasteiger partial charge in [0.15, 0.2) is 0 Å². The van der Waals surface area contributed by atoms with Crippen LogP contribution in [0.3, 0.4) is 0 Å². The molecule has 0 aromatic heterocycles. The molecule has 0 saturated heterocycles. The van der Waals surface area contributed by atoms with E-state index in [1.54, 1.807) is 12.1 Å². The van der Waals surface area contributed by atoms with E-state index in [0.29, 0.717) is 5.75 Å². The quantitative estimate of drug-likeness (QED) is 0.192. The highest BCUT2D eigenvalue weighted by atomic mass is 19.1. The van der Waals surface area contributed by atoms with Crippen LogP contribution in [0.15, 0.2) is 18.2 Å². The van der Waals surface area contributed by atoms with Crippen LogP contribution in [0, 0.1) is 17.1 Å². The first-order valence-corrected chi connectivity index (χ1v) is 13.2. The van der Waals surface area contributed by atoms with E-state index in [4.69, 9.17) is 10.00 Å². The number of nitriles is 1. The second kappa shape index (κ2) is 20.0. The van der Waals surface area contributed by atoms with Gasteiger partial charge >= 0.3 is 0 Å². The van der Waals surface area contributed by atoms with Crippen molar-refractivity contribution in [3.8, 4) is 11.8 Å². The molecule has 0 aliphatic rings. The molecule has 0 aliphatic carbocycles. The molecule has 182 valence electrons. The van der Waals surface area contributed by atoms with Crippen molar-refractivity contribution < 1.29 is 14.2 Å². The van der Waals surface area contributed by atoms with Crippen LogP contribution in [0.2, 0.25) is 0 Å². The van der Waals surface area contributed by atoms with E-state index < -0.39 is 5.82 Å². The minimum atomic E-state index is -0.584. The van der Waals surface area contributed by atoms with Gasteiger partial charge in [0.25, 0.3) is 0 Å². The minimum absolute atomic E-state index is 0.00562. The van der Waals surface area contributed by atoms with Crippen molar-refractivity contribution >= 4 is 0 Å². The summed E-state index contributed by atoms with van der Waals surface area (Å²) in [6, 6.07) is 6.01. The Balaban J connectivity index is 1.91. The SMILES string of the molecule is CCCCCCCCCCCCCCCCCCC[C@H](CO)Oc1ccc(C#N)c(F)c1. The summed E-state index contributed by atoms with van der Waals surface area (Å²) in [6.45, 7) is 2.19. The summed E-state index contributed by atoms with van der Waals surface area (Å²) < 4.78 is 19.3. The van der Waals surface area contributed by atoms with Crippen LogP contribution in [0.1, 0.15) is 128 Å². The van der Waals surface area contributed by atoms with Gasteiger partial charge in [-0.3, -0.25) is 0 Å². The summed E-state index contributed by atoms with van der Waals surface area (Å²) in [4.78, 5) is 0. The van der Waals surface area contributed by atoms with Gasteiger partial charge in [0, 0.05) is 6.07 Å². The van der Waals surface area contributed by atoms with Crippen LogP contribution in [-0.2, 0) is 0 Å². The van der Waals surface area contributed by atoms with Gasteiger partial charge in [0.05, 0.1) is 12.2 Å². The maximum Gasteiger partial charge on any atom is 0.144 e. The van der Waals surface area contributed by atoms with Gasteiger partial charge in [-0.05, 0) is 25.0 Å². The van der Waals surface area contributed by atoms with E-state index in [-0.39, 0.29) is 18.3 Å². The lowest BCUT2D eigenvalue weighted by Gasteiger charge is -2.17. The number of aliphatic hydroxyl groups excluding tert-OH is 1. The van der Waals surface area contributed by atoms with E-state index in [2.05, 4.69) is 6.92 Å². The fraction of sp³-hybridized carbons (Fsp3) is 0.750. The number of rotatable bonds is 21. The number of hydrogen-bond donors (Lipinski definition) is 1. The zero-order valence-corrected chi connectivity index (χ0v) is 20.4. The van der Waals surface area contributed by atoms with Crippen molar-refractivity contribution in [2.45, 2.75) is 129 Å². The summed E-state index contributed by atoms with van der Waals surface area (Å²) in [5.74, 6) is -0.216. The average molecular weight is 448 g/mol. The lowest BCUT2D eigenvalue weighted by molar-refractivity contribution is 0.106. The fourth-order valence-electron chi connectivity index (χ4n) is 4.14. The van der Waals surface area contributed by atoms with E-state index in [1.807, 2.05) is 0 Å². The molecule has 1 N–H and O–H groups in total. The van der Waals surface area contributed by atoms with Crippen molar-refractivity contribution in [3.05, 3.63) is 29.6 Å². The van der Waals surface area contributed by atoms with Crippen molar-refractivity contribution in [1.82, 2.24) is 0 Å². The first-order chi connectivity index (χ1) is 15.7. The molecular weight excluding hydrogens is 401 g/mol. The molecule has 0 aliphatic heterocycles. The molecule has 0 bridgehead atoms. The molecule has 3 nitrogen and oxygen atoms in total. The Labute approximate surface area is 196 Å². The molecule has 0 saturated carbocycles. The first-order valence-electron chi connectivity index (χ1n) is 13.2. The standard InChI is InChI=1S/C28H46FNO2/c1-2-3-4-5-6-7-8-9-10-11-12-13-14-15-16-17-18-19-27(24-31)32-26-21-20-25(23-30)28(29)22-26/h20-22,27,31H,2-19,24H2,1H3/t27-/m1/s1. The number of nitrogens with zero attached hydrogens (tertiary/aromatic N) is 1. The van der Waals surface area contributed by atoms with Crippen molar-refractivity contribution in [3.63, 3.8) is 0 Å². The summed E-state index contributed by atoms with van der Waals surface area (Å²) in [7, 11) is 0. The Kier molecular flexibility index (Phi) is 17.8. The third-order valence-electron chi connectivity index (χ3n) is 6.20. The van der Waals surface area contributed by atoms with E-state index in [1.165, 1.54) is 108 Å². The third-order valence-corrected chi connectivity index (χ3v) is 6.20. The first kappa shape index (κ1) is 28.4. The van der Waals surface area contributed by atoms with Crippen LogP contribution in [0.25, 0.3) is 0 Å². The lowest BCUT2D eigenvalue weighted by atomic mass is 10.0. The van der Waals surface area contributed by atoms with Gasteiger partial charge in [-0.15, -0.1) is 0 Å². The maximum atomic E-state index is 13.7. The summed E-state index contributed by atoms with van der Waals surface area (Å²) in [5, 5.41) is 18.3. The monoisotopic (exact) mass is 447 g/mol. The molecule has 0 heterocycles. The predicted octanol–water partition coefficient (Wildman–Crippen LogP) is 8.48. The van der Waals surface area contributed by atoms with Crippen LogP contribution < -0.4 is 4.74 Å². The third kappa shape index (κ3) is 14.5. The lowest BCUT2D eigenvalue weighted by Crippen LogP contribution is -2.21. The van der Waals surface area contributed by atoms with Crippen molar-refractivity contribution in [2.24, 2.45) is 0 Å². The van der Waals surface area contributed by atoms with Crippen LogP contribution in [0.4, 0.5) is 4.39 Å². The molecular formula is C28H46FNO2. The number of aliphatic hydroxyl groups is 1. The average Bonchev–Trinajstić information content (AvgIpc) is 2.80. The molecule has 1 aromatic carbocycles. The summed E-state index contributed by atoms with van der Waals surface area (Å²) in [5.41, 5.74) is 0.00562. The van der Waals surface area contributed by atoms with Crippen LogP contribution >= 0.6 is 0 Å². The van der Waals surface area contributed by atoms with Gasteiger partial charge in [0.1, 0.15) is 23.7 Å². The highest BCUT2D eigenvalue weighted by Gasteiger charge is 2.11. The zero-order valence-electron chi connectivity index (χ0n) is 20.4. The number of halogens is 1. The van der Waals surface area contributed by atoms with Crippen LogP contribution in [0.5, 0.6) is 5.75 Å². The zero-order chi connectivity index (χ0) is 23.3.